The van der Waals surface area contributed by atoms with Crippen molar-refractivity contribution in [1.29, 1.82) is 0 Å². The minimum Gasteiger partial charge on any atom is -0.317 e. The molecule has 2 aromatic heterocycles. The highest BCUT2D eigenvalue weighted by atomic mass is 32.1. The lowest BCUT2D eigenvalue weighted by Crippen LogP contribution is -2.40. The van der Waals surface area contributed by atoms with Crippen molar-refractivity contribution in [3.05, 3.63) is 31.3 Å². The summed E-state index contributed by atoms with van der Waals surface area (Å²) in [5.41, 5.74) is 0.943. The monoisotopic (exact) mass is 291 g/mol. The van der Waals surface area contributed by atoms with Gasteiger partial charge >= 0.3 is 5.69 Å². The fraction of sp³-hybridized carbons (Fsp3) is 0.571. The van der Waals surface area contributed by atoms with E-state index < -0.39 is 5.69 Å². The maximum absolute atomic E-state index is 12.0. The Balaban J connectivity index is 1.85. The van der Waals surface area contributed by atoms with Crippen LogP contribution in [0.4, 0.5) is 0 Å². The zero-order chi connectivity index (χ0) is 13.7. The van der Waals surface area contributed by atoms with Crippen LogP contribution in [0.1, 0.15) is 29.7 Å². The summed E-state index contributed by atoms with van der Waals surface area (Å²) in [6.07, 6.45) is 5.61. The first-order valence-electron chi connectivity index (χ1n) is 7.14. The number of aromatic amines is 2. The number of fused-ring (bicyclic) bond motifs is 3. The van der Waals surface area contributed by atoms with Crippen molar-refractivity contribution in [2.24, 2.45) is 5.41 Å². The van der Waals surface area contributed by atoms with E-state index in [-0.39, 0.29) is 5.56 Å². The number of hydrogen-bond acceptors (Lipinski definition) is 4. The Bertz CT molecular complexity index is 780. The van der Waals surface area contributed by atoms with Gasteiger partial charge in [0.2, 0.25) is 0 Å². The Labute approximate surface area is 119 Å². The number of H-pyrrole nitrogens is 2. The predicted octanol–water partition coefficient (Wildman–Crippen LogP) is 1.14. The lowest BCUT2D eigenvalue weighted by atomic mass is 9.68. The maximum atomic E-state index is 12.0. The van der Waals surface area contributed by atoms with E-state index in [4.69, 9.17) is 0 Å². The third kappa shape index (κ3) is 1.78. The highest BCUT2D eigenvalue weighted by Crippen LogP contribution is 2.45. The summed E-state index contributed by atoms with van der Waals surface area (Å²) in [6.45, 7) is 2.19. The predicted molar refractivity (Wildman–Crippen MR) is 79.6 cm³/mol. The number of aromatic nitrogens is 2. The lowest BCUT2D eigenvalue weighted by molar-refractivity contribution is 0.176. The Kier molecular flexibility index (Phi) is 2.65. The van der Waals surface area contributed by atoms with Gasteiger partial charge in [-0.05, 0) is 56.2 Å². The quantitative estimate of drug-likeness (QED) is 0.681. The molecule has 0 radical (unpaired) electrons. The summed E-state index contributed by atoms with van der Waals surface area (Å²) in [5.74, 6) is 0. The van der Waals surface area contributed by atoms with Crippen LogP contribution >= 0.6 is 11.3 Å². The van der Waals surface area contributed by atoms with E-state index in [1.165, 1.54) is 23.3 Å². The van der Waals surface area contributed by atoms with Crippen LogP contribution in [-0.4, -0.2) is 23.1 Å². The van der Waals surface area contributed by atoms with Crippen molar-refractivity contribution in [3.63, 3.8) is 0 Å². The first-order chi connectivity index (χ1) is 9.67. The van der Waals surface area contributed by atoms with Gasteiger partial charge in [0.25, 0.3) is 5.56 Å². The molecule has 0 unspecified atom stereocenters. The van der Waals surface area contributed by atoms with Gasteiger partial charge in [0, 0.05) is 4.88 Å². The van der Waals surface area contributed by atoms with Crippen molar-refractivity contribution in [2.45, 2.75) is 32.1 Å². The van der Waals surface area contributed by atoms with Gasteiger partial charge < -0.3 is 5.32 Å². The van der Waals surface area contributed by atoms with Gasteiger partial charge in [-0.15, -0.1) is 11.3 Å². The number of nitrogens with one attached hydrogen (secondary N) is 3. The molecule has 2 aliphatic rings. The van der Waals surface area contributed by atoms with Crippen molar-refractivity contribution in [3.8, 4) is 0 Å². The fourth-order valence-electron chi connectivity index (χ4n) is 3.75. The van der Waals surface area contributed by atoms with E-state index in [0.29, 0.717) is 10.8 Å². The van der Waals surface area contributed by atoms with Gasteiger partial charge in [0.15, 0.2) is 0 Å². The van der Waals surface area contributed by atoms with Crippen LogP contribution in [0.25, 0.3) is 10.2 Å². The molecule has 1 spiro atoms. The van der Waals surface area contributed by atoms with Crippen LogP contribution < -0.4 is 16.6 Å². The first-order valence-corrected chi connectivity index (χ1v) is 7.96. The Hall–Kier alpha value is -1.40. The molecule has 2 aromatic rings. The van der Waals surface area contributed by atoms with Gasteiger partial charge in [0.05, 0.1) is 5.39 Å². The second-order valence-corrected chi connectivity index (χ2v) is 7.15. The van der Waals surface area contributed by atoms with Gasteiger partial charge in [-0.2, -0.15) is 0 Å². The number of hydrogen-bond donors (Lipinski definition) is 3. The van der Waals surface area contributed by atoms with E-state index in [1.54, 1.807) is 11.3 Å². The highest BCUT2D eigenvalue weighted by Gasteiger charge is 2.37. The molecule has 0 bridgehead atoms. The fourth-order valence-corrected chi connectivity index (χ4v) is 5.16. The highest BCUT2D eigenvalue weighted by molar-refractivity contribution is 7.18. The number of aryl methyl sites for hydroxylation is 1. The maximum Gasteiger partial charge on any atom is 0.326 e. The van der Waals surface area contributed by atoms with Gasteiger partial charge in [-0.25, -0.2) is 4.79 Å². The molecule has 0 amide bonds. The normalized spacial score (nSPS) is 21.2. The molecule has 0 aromatic carbocycles. The molecule has 3 heterocycles. The van der Waals surface area contributed by atoms with Gasteiger partial charge in [0.1, 0.15) is 4.83 Å². The molecule has 5 nitrogen and oxygen atoms in total. The van der Waals surface area contributed by atoms with Crippen LogP contribution in [0.3, 0.4) is 0 Å². The number of thiophene rings is 1. The van der Waals surface area contributed by atoms with Crippen molar-refractivity contribution in [2.75, 3.05) is 13.1 Å². The van der Waals surface area contributed by atoms with Crippen LogP contribution in [0.15, 0.2) is 9.59 Å². The molecule has 1 aliphatic heterocycles. The van der Waals surface area contributed by atoms with E-state index in [0.717, 1.165) is 37.2 Å². The Morgan fingerprint density at radius 3 is 2.65 bits per heavy atom. The van der Waals surface area contributed by atoms with Crippen molar-refractivity contribution >= 4 is 21.6 Å². The first kappa shape index (κ1) is 12.3. The lowest BCUT2D eigenvalue weighted by Gasteiger charge is -2.40. The van der Waals surface area contributed by atoms with Crippen LogP contribution in [0.5, 0.6) is 0 Å². The molecule has 4 rings (SSSR count). The molecule has 1 saturated heterocycles. The molecule has 3 N–H and O–H groups in total. The smallest absolute Gasteiger partial charge is 0.317 e. The average Bonchev–Trinajstić information content (AvgIpc) is 2.76. The summed E-state index contributed by atoms with van der Waals surface area (Å²) in [5, 5.41) is 4.14. The van der Waals surface area contributed by atoms with E-state index in [1.807, 2.05) is 0 Å². The molecule has 106 valence electrons. The van der Waals surface area contributed by atoms with E-state index in [2.05, 4.69) is 15.3 Å². The van der Waals surface area contributed by atoms with E-state index in [9.17, 15) is 9.59 Å². The van der Waals surface area contributed by atoms with E-state index >= 15 is 0 Å². The SMILES string of the molecule is O=c1[nH]c(=O)c2c3c(sc2[nH]1)CC1(CCNCC1)CC3. The molecular formula is C14H17N3O2S. The summed E-state index contributed by atoms with van der Waals surface area (Å²) in [6, 6.07) is 0. The van der Waals surface area contributed by atoms with Gasteiger partial charge in [-0.3, -0.25) is 14.8 Å². The standard InChI is InChI=1S/C14H17N3O2S/c18-11-10-8-1-2-14(3-5-15-6-4-14)7-9(8)20-12(10)17-13(19)16-11/h15H,1-7H2,(H2,16,17,18,19). The van der Waals surface area contributed by atoms with Crippen LogP contribution in [-0.2, 0) is 12.8 Å². The molecular weight excluding hydrogens is 274 g/mol. The molecule has 1 aliphatic carbocycles. The summed E-state index contributed by atoms with van der Waals surface area (Å²) in [4.78, 5) is 30.6. The van der Waals surface area contributed by atoms with Crippen molar-refractivity contribution in [1.82, 2.24) is 15.3 Å². The second-order valence-electron chi connectivity index (χ2n) is 6.04. The Morgan fingerprint density at radius 2 is 1.85 bits per heavy atom. The van der Waals surface area contributed by atoms with Gasteiger partial charge in [-0.1, -0.05) is 0 Å². The Morgan fingerprint density at radius 1 is 1.05 bits per heavy atom. The summed E-state index contributed by atoms with van der Waals surface area (Å²) < 4.78 is 0. The largest absolute Gasteiger partial charge is 0.326 e. The molecule has 20 heavy (non-hydrogen) atoms. The van der Waals surface area contributed by atoms with Crippen LogP contribution in [0.2, 0.25) is 0 Å². The topological polar surface area (TPSA) is 77.8 Å². The molecule has 6 heteroatoms. The average molecular weight is 291 g/mol. The second kappa shape index (κ2) is 4.30. The number of piperidine rings is 1. The van der Waals surface area contributed by atoms with Crippen LogP contribution in [0, 0.1) is 5.41 Å². The zero-order valence-corrected chi connectivity index (χ0v) is 12.0. The van der Waals surface area contributed by atoms with Crippen molar-refractivity contribution < 1.29 is 0 Å². The summed E-state index contributed by atoms with van der Waals surface area (Å²) in [7, 11) is 0. The minimum atomic E-state index is -0.405. The third-order valence-corrected chi connectivity index (χ3v) is 6.02. The summed E-state index contributed by atoms with van der Waals surface area (Å²) >= 11 is 1.60. The third-order valence-electron chi connectivity index (χ3n) is 4.88. The molecule has 1 fully saturated rings. The number of rotatable bonds is 0. The molecule has 0 atom stereocenters. The minimum absolute atomic E-state index is 0.234. The molecule has 0 saturated carbocycles. The zero-order valence-electron chi connectivity index (χ0n) is 11.2.